The summed E-state index contributed by atoms with van der Waals surface area (Å²) in [5.41, 5.74) is 0.561. The maximum atomic E-state index is 12.1. The number of guanidine groups is 1. The molecule has 3 N–H and O–H groups in total. The van der Waals surface area contributed by atoms with Crippen LogP contribution in [-0.4, -0.2) is 28.9 Å². The van der Waals surface area contributed by atoms with Gasteiger partial charge in [0.05, 0.1) is 24.1 Å². The number of carbonyl (C=O) groups excluding carboxylic acids is 1. The first-order valence-electron chi connectivity index (χ1n) is 9.26. The van der Waals surface area contributed by atoms with E-state index >= 15 is 0 Å². The number of nitrogens with one attached hydrogen (secondary N) is 3. The Morgan fingerprint density at radius 2 is 1.90 bits per heavy atom. The molecular weight excluding hydrogens is 517 g/mol. The van der Waals surface area contributed by atoms with E-state index < -0.39 is 4.92 Å². The first-order chi connectivity index (χ1) is 13.6. The number of hydrogen-bond donors (Lipinski definition) is 3. The van der Waals surface area contributed by atoms with Crippen molar-refractivity contribution in [3.8, 4) is 0 Å². The van der Waals surface area contributed by atoms with E-state index in [9.17, 15) is 14.9 Å². The van der Waals surface area contributed by atoms with Crippen molar-refractivity contribution in [3.05, 3.63) is 62.3 Å². The molecule has 2 aromatic rings. The molecule has 0 saturated heterocycles. The Morgan fingerprint density at radius 1 is 1.23 bits per heavy atom. The third kappa shape index (κ3) is 9.08. The SMILES string of the molecule is CC(NC(=NCc1ccc([N+](=O)[O-])cc1)NCC(=O)NC(C)(C)C)c1cccs1.I. The molecular formula is C20H28IN5O3S. The van der Waals surface area contributed by atoms with Crippen molar-refractivity contribution in [3.63, 3.8) is 0 Å². The van der Waals surface area contributed by atoms with Crippen LogP contribution in [0.1, 0.15) is 44.2 Å². The van der Waals surface area contributed by atoms with Gasteiger partial charge in [0.25, 0.3) is 5.69 Å². The van der Waals surface area contributed by atoms with E-state index in [1.54, 1.807) is 23.5 Å². The summed E-state index contributed by atoms with van der Waals surface area (Å²) in [6.45, 7) is 8.19. The molecule has 1 aromatic carbocycles. The molecule has 10 heteroatoms. The zero-order valence-electron chi connectivity index (χ0n) is 17.5. The summed E-state index contributed by atoms with van der Waals surface area (Å²) >= 11 is 1.64. The van der Waals surface area contributed by atoms with Gasteiger partial charge >= 0.3 is 0 Å². The molecule has 1 atom stereocenters. The third-order valence-corrected chi connectivity index (χ3v) is 4.88. The van der Waals surface area contributed by atoms with Crippen molar-refractivity contribution in [2.75, 3.05) is 6.54 Å². The zero-order chi connectivity index (χ0) is 21.4. The van der Waals surface area contributed by atoms with Gasteiger partial charge in [-0.3, -0.25) is 14.9 Å². The lowest BCUT2D eigenvalue weighted by Gasteiger charge is -2.22. The summed E-state index contributed by atoms with van der Waals surface area (Å²) in [6.07, 6.45) is 0. The number of halogens is 1. The minimum absolute atomic E-state index is 0. The largest absolute Gasteiger partial charge is 0.350 e. The average molecular weight is 545 g/mol. The number of thiophene rings is 1. The van der Waals surface area contributed by atoms with Crippen LogP contribution in [-0.2, 0) is 11.3 Å². The molecule has 0 bridgehead atoms. The predicted molar refractivity (Wildman–Crippen MR) is 131 cm³/mol. The normalized spacial score (nSPS) is 12.5. The van der Waals surface area contributed by atoms with Gasteiger partial charge < -0.3 is 16.0 Å². The molecule has 0 saturated carbocycles. The van der Waals surface area contributed by atoms with E-state index in [0.29, 0.717) is 12.5 Å². The Morgan fingerprint density at radius 3 is 2.43 bits per heavy atom. The number of hydrogen-bond acceptors (Lipinski definition) is 5. The van der Waals surface area contributed by atoms with Crippen molar-refractivity contribution >= 4 is 52.9 Å². The Balaban J connectivity index is 0.00000450. The third-order valence-electron chi connectivity index (χ3n) is 3.82. The predicted octanol–water partition coefficient (Wildman–Crippen LogP) is 3.99. The lowest BCUT2D eigenvalue weighted by molar-refractivity contribution is -0.384. The number of nitro groups is 1. The molecule has 1 unspecified atom stereocenters. The maximum absolute atomic E-state index is 12.1. The van der Waals surface area contributed by atoms with Crippen LogP contribution < -0.4 is 16.0 Å². The summed E-state index contributed by atoms with van der Waals surface area (Å²) in [6, 6.07) is 10.3. The van der Waals surface area contributed by atoms with Gasteiger partial charge in [-0.05, 0) is 44.7 Å². The summed E-state index contributed by atoms with van der Waals surface area (Å²) in [7, 11) is 0. The van der Waals surface area contributed by atoms with E-state index in [0.717, 1.165) is 10.4 Å². The molecule has 0 aliphatic heterocycles. The lowest BCUT2D eigenvalue weighted by Crippen LogP contribution is -2.48. The Kier molecular flexibility index (Phi) is 10.2. The van der Waals surface area contributed by atoms with Crippen LogP contribution in [0.5, 0.6) is 0 Å². The van der Waals surface area contributed by atoms with Gasteiger partial charge in [-0.2, -0.15) is 0 Å². The number of nitrogens with zero attached hydrogens (tertiary/aromatic N) is 2. The van der Waals surface area contributed by atoms with E-state index in [4.69, 9.17) is 0 Å². The number of carbonyl (C=O) groups is 1. The minimum atomic E-state index is -0.432. The van der Waals surface area contributed by atoms with Crippen LogP contribution in [0, 0.1) is 10.1 Å². The Hall–Kier alpha value is -2.21. The van der Waals surface area contributed by atoms with Gasteiger partial charge in [0.15, 0.2) is 5.96 Å². The molecule has 0 fully saturated rings. The fourth-order valence-corrected chi connectivity index (χ4v) is 3.22. The van der Waals surface area contributed by atoms with E-state index in [1.165, 1.54) is 12.1 Å². The molecule has 1 heterocycles. The highest BCUT2D eigenvalue weighted by molar-refractivity contribution is 14.0. The second-order valence-corrected chi connectivity index (χ2v) is 8.60. The Bertz CT molecular complexity index is 848. The van der Waals surface area contributed by atoms with Gasteiger partial charge in [-0.15, -0.1) is 35.3 Å². The number of benzene rings is 1. The van der Waals surface area contributed by atoms with E-state index in [-0.39, 0.29) is 53.7 Å². The first-order valence-corrected chi connectivity index (χ1v) is 10.1. The lowest BCUT2D eigenvalue weighted by atomic mass is 10.1. The second-order valence-electron chi connectivity index (χ2n) is 7.62. The van der Waals surface area contributed by atoms with Gasteiger partial charge in [0.1, 0.15) is 0 Å². The van der Waals surface area contributed by atoms with Crippen LogP contribution in [0.15, 0.2) is 46.8 Å². The number of nitro benzene ring substituents is 1. The van der Waals surface area contributed by atoms with Crippen molar-refractivity contribution < 1.29 is 9.72 Å². The summed E-state index contributed by atoms with van der Waals surface area (Å²) in [5, 5.41) is 22.0. The molecule has 8 nitrogen and oxygen atoms in total. The van der Waals surface area contributed by atoms with Crippen LogP contribution in [0.2, 0.25) is 0 Å². The topological polar surface area (TPSA) is 109 Å². The smallest absolute Gasteiger partial charge is 0.269 e. The molecule has 1 amide bonds. The highest BCUT2D eigenvalue weighted by atomic mass is 127. The summed E-state index contributed by atoms with van der Waals surface area (Å²) < 4.78 is 0. The van der Waals surface area contributed by atoms with Crippen LogP contribution in [0.4, 0.5) is 5.69 Å². The molecule has 0 aliphatic rings. The summed E-state index contributed by atoms with van der Waals surface area (Å²) in [4.78, 5) is 28.2. The minimum Gasteiger partial charge on any atom is -0.350 e. The van der Waals surface area contributed by atoms with Crippen molar-refractivity contribution in [2.24, 2.45) is 4.99 Å². The van der Waals surface area contributed by atoms with Crippen molar-refractivity contribution in [1.82, 2.24) is 16.0 Å². The molecule has 2 rings (SSSR count). The highest BCUT2D eigenvalue weighted by Gasteiger charge is 2.15. The zero-order valence-corrected chi connectivity index (χ0v) is 20.6. The quantitative estimate of drug-likeness (QED) is 0.160. The number of non-ortho nitro benzene ring substituents is 1. The molecule has 0 spiro atoms. The Labute approximate surface area is 197 Å². The van der Waals surface area contributed by atoms with Gasteiger partial charge in [-0.1, -0.05) is 18.2 Å². The number of amides is 1. The van der Waals surface area contributed by atoms with Crippen LogP contribution in [0.3, 0.4) is 0 Å². The fourth-order valence-electron chi connectivity index (χ4n) is 2.49. The molecule has 0 radical (unpaired) electrons. The molecule has 164 valence electrons. The monoisotopic (exact) mass is 545 g/mol. The van der Waals surface area contributed by atoms with Gasteiger partial charge in [0.2, 0.25) is 5.91 Å². The highest BCUT2D eigenvalue weighted by Crippen LogP contribution is 2.18. The van der Waals surface area contributed by atoms with E-state index in [1.807, 2.05) is 45.2 Å². The standard InChI is InChI=1S/C20H27N5O3S.HI/c1-14(17-6-5-11-29-17)23-19(22-13-18(26)24-20(2,3)4)21-12-15-7-9-16(10-8-15)25(27)28;/h5-11,14H,12-13H2,1-4H3,(H,24,26)(H2,21,22,23);1H. The number of rotatable bonds is 7. The maximum Gasteiger partial charge on any atom is 0.269 e. The summed E-state index contributed by atoms with van der Waals surface area (Å²) in [5.74, 6) is 0.361. The molecule has 0 aliphatic carbocycles. The van der Waals surface area contributed by atoms with Crippen LogP contribution >= 0.6 is 35.3 Å². The number of aliphatic imine (C=N–C) groups is 1. The van der Waals surface area contributed by atoms with Crippen molar-refractivity contribution in [1.29, 1.82) is 0 Å². The first kappa shape index (κ1) is 25.8. The average Bonchev–Trinajstić information content (AvgIpc) is 3.17. The fraction of sp³-hybridized carbons (Fsp3) is 0.400. The molecule has 30 heavy (non-hydrogen) atoms. The van der Waals surface area contributed by atoms with Crippen molar-refractivity contribution in [2.45, 2.75) is 45.8 Å². The van der Waals surface area contributed by atoms with E-state index in [2.05, 4.69) is 20.9 Å². The molecule has 1 aromatic heterocycles. The van der Waals surface area contributed by atoms with Gasteiger partial charge in [-0.25, -0.2) is 4.99 Å². The van der Waals surface area contributed by atoms with Gasteiger partial charge in [0, 0.05) is 22.5 Å². The second kappa shape index (κ2) is 11.8. The van der Waals surface area contributed by atoms with Crippen LogP contribution in [0.25, 0.3) is 0 Å².